The lowest BCUT2D eigenvalue weighted by Crippen LogP contribution is -2.17. The third kappa shape index (κ3) is 5.53. The van der Waals surface area contributed by atoms with Crippen LogP contribution in [0.5, 0.6) is 0 Å². The molecule has 0 saturated carbocycles. The molecule has 0 aliphatic heterocycles. The molecule has 4 nitrogen and oxygen atoms in total. The van der Waals surface area contributed by atoms with E-state index in [0.29, 0.717) is 22.4 Å². The smallest absolute Gasteiger partial charge is 0.262 e. The summed E-state index contributed by atoms with van der Waals surface area (Å²) in [5, 5.41) is 0. The third-order valence-corrected chi connectivity index (χ3v) is 7.42. The van der Waals surface area contributed by atoms with Gasteiger partial charge in [-0.15, -0.1) is 0 Å². The van der Waals surface area contributed by atoms with Gasteiger partial charge < -0.3 is 0 Å². The van der Waals surface area contributed by atoms with Crippen LogP contribution in [-0.4, -0.2) is 14.6 Å². The lowest BCUT2D eigenvalue weighted by molar-refractivity contribution is 0.600. The molecule has 0 fully saturated rings. The van der Waals surface area contributed by atoms with E-state index in [9.17, 15) is 8.42 Å². The number of hydrogen-bond acceptors (Lipinski definition) is 3. The molecule has 174 valence electrons. The first-order valence-corrected chi connectivity index (χ1v) is 12.9. The van der Waals surface area contributed by atoms with E-state index in [0.717, 1.165) is 27.9 Å². The van der Waals surface area contributed by atoms with Crippen molar-refractivity contribution in [3.05, 3.63) is 88.0 Å². The Hall–Kier alpha value is -2.92. The lowest BCUT2D eigenvalue weighted by Gasteiger charge is -2.17. The maximum Gasteiger partial charge on any atom is 0.262 e. The third-order valence-electron chi connectivity index (χ3n) is 5.75. The number of aryl methyl sites for hydroxylation is 3. The van der Waals surface area contributed by atoms with Crippen molar-refractivity contribution >= 4 is 27.6 Å². The van der Waals surface area contributed by atoms with Crippen molar-refractivity contribution < 1.29 is 8.42 Å². The van der Waals surface area contributed by atoms with Crippen molar-refractivity contribution in [3.8, 4) is 0 Å². The van der Waals surface area contributed by atoms with E-state index in [1.54, 1.807) is 12.3 Å². The topological polar surface area (TPSA) is 58.5 Å². The monoisotopic (exact) mass is 462 g/mol. The van der Waals surface area contributed by atoms with Gasteiger partial charge in [-0.2, -0.15) is 0 Å². The summed E-state index contributed by atoms with van der Waals surface area (Å²) in [5.41, 5.74) is 7.07. The van der Waals surface area contributed by atoms with Crippen LogP contribution in [0.25, 0.3) is 0 Å². The molecule has 3 aromatic carbocycles. The Labute approximate surface area is 198 Å². The van der Waals surface area contributed by atoms with Gasteiger partial charge in [-0.05, 0) is 60.9 Å². The van der Waals surface area contributed by atoms with Crippen LogP contribution in [0.3, 0.4) is 0 Å². The van der Waals surface area contributed by atoms with E-state index >= 15 is 0 Å². The highest BCUT2D eigenvalue weighted by Gasteiger charge is 2.21. The number of para-hydroxylation sites is 2. The maximum absolute atomic E-state index is 13.3. The Bertz CT molecular complexity index is 1240. The maximum atomic E-state index is 13.3. The molecule has 33 heavy (non-hydrogen) atoms. The first-order valence-electron chi connectivity index (χ1n) is 11.4. The minimum absolute atomic E-state index is 0.326. The Kier molecular flexibility index (Phi) is 7.43. The molecule has 0 saturated heterocycles. The van der Waals surface area contributed by atoms with Crippen LogP contribution in [-0.2, 0) is 10.0 Å². The molecule has 0 aromatic heterocycles. The number of benzene rings is 3. The molecule has 0 atom stereocenters. The van der Waals surface area contributed by atoms with Crippen LogP contribution in [0.2, 0.25) is 0 Å². The van der Waals surface area contributed by atoms with E-state index in [1.807, 2.05) is 51.1 Å². The van der Waals surface area contributed by atoms with E-state index in [4.69, 9.17) is 4.99 Å². The van der Waals surface area contributed by atoms with Gasteiger partial charge in [0.1, 0.15) is 0 Å². The first kappa shape index (κ1) is 24.7. The summed E-state index contributed by atoms with van der Waals surface area (Å²) in [5.74, 6) is 0.661. The molecule has 0 radical (unpaired) electrons. The second kappa shape index (κ2) is 9.92. The highest BCUT2D eigenvalue weighted by atomic mass is 32.2. The van der Waals surface area contributed by atoms with E-state index in [1.165, 1.54) is 11.1 Å². The molecule has 0 heterocycles. The predicted octanol–water partition coefficient (Wildman–Crippen LogP) is 7.41. The highest BCUT2D eigenvalue weighted by molar-refractivity contribution is 7.92. The number of aliphatic imine (C=N–C) groups is 1. The Morgan fingerprint density at radius 3 is 1.91 bits per heavy atom. The fraction of sp³-hybridized carbons (Fsp3) is 0.321. The summed E-state index contributed by atoms with van der Waals surface area (Å²) in [6.07, 6.45) is 1.76. The van der Waals surface area contributed by atoms with E-state index in [-0.39, 0.29) is 0 Å². The summed E-state index contributed by atoms with van der Waals surface area (Å²) in [7, 11) is -3.75. The number of anilines is 1. The molecule has 0 amide bonds. The van der Waals surface area contributed by atoms with Crippen molar-refractivity contribution in [1.29, 1.82) is 0 Å². The highest BCUT2D eigenvalue weighted by Crippen LogP contribution is 2.35. The molecule has 0 aliphatic carbocycles. The van der Waals surface area contributed by atoms with Gasteiger partial charge in [-0.25, -0.2) is 8.42 Å². The van der Waals surface area contributed by atoms with Gasteiger partial charge in [-0.1, -0.05) is 81.8 Å². The fourth-order valence-electron chi connectivity index (χ4n) is 4.28. The summed E-state index contributed by atoms with van der Waals surface area (Å²) < 4.78 is 29.4. The van der Waals surface area contributed by atoms with Gasteiger partial charge in [0, 0.05) is 11.8 Å². The lowest BCUT2D eigenvalue weighted by atomic mass is 9.93. The Balaban J connectivity index is 2.04. The van der Waals surface area contributed by atoms with Crippen LogP contribution in [0, 0.1) is 20.8 Å². The van der Waals surface area contributed by atoms with Crippen LogP contribution >= 0.6 is 0 Å². The molecular weight excluding hydrogens is 428 g/mol. The molecular formula is C28H34N2O2S. The summed E-state index contributed by atoms with van der Waals surface area (Å²) in [4.78, 5) is 5.20. The van der Waals surface area contributed by atoms with Gasteiger partial charge in [0.05, 0.1) is 16.3 Å². The average Bonchev–Trinajstić information content (AvgIpc) is 2.71. The largest absolute Gasteiger partial charge is 0.279 e. The second-order valence-electron chi connectivity index (χ2n) is 9.27. The van der Waals surface area contributed by atoms with Crippen LogP contribution in [0.4, 0.5) is 11.4 Å². The number of nitrogens with zero attached hydrogens (tertiary/aromatic N) is 1. The standard InChI is InChI=1S/C28H34N2O2S/c1-18(2)24-12-10-13-25(19(3)4)27(24)29-17-23-11-8-9-14-26(23)30-33(31,32)28-21(6)15-20(5)16-22(28)7/h8-19,30H,1-7H3. The predicted molar refractivity (Wildman–Crippen MR) is 140 cm³/mol. The quantitative estimate of drug-likeness (QED) is 0.372. The van der Waals surface area contributed by atoms with Crippen molar-refractivity contribution in [2.24, 2.45) is 4.99 Å². The SMILES string of the molecule is Cc1cc(C)c(S(=O)(=O)Nc2ccccc2C=Nc2c(C(C)C)cccc2C(C)C)c(C)c1. The van der Waals surface area contributed by atoms with Gasteiger partial charge in [0.25, 0.3) is 10.0 Å². The average molecular weight is 463 g/mol. The zero-order valence-corrected chi connectivity index (χ0v) is 21.4. The van der Waals surface area contributed by atoms with Crippen molar-refractivity contribution in [1.82, 2.24) is 0 Å². The van der Waals surface area contributed by atoms with Crippen molar-refractivity contribution in [2.75, 3.05) is 4.72 Å². The summed E-state index contributed by atoms with van der Waals surface area (Å²) in [6, 6.07) is 17.5. The molecule has 0 unspecified atom stereocenters. The minimum Gasteiger partial charge on any atom is -0.279 e. The van der Waals surface area contributed by atoms with Gasteiger partial charge in [0.15, 0.2) is 0 Å². The fourth-order valence-corrected chi connectivity index (χ4v) is 5.83. The van der Waals surface area contributed by atoms with Crippen LogP contribution in [0.15, 0.2) is 64.5 Å². The number of hydrogen-bond donors (Lipinski definition) is 1. The summed E-state index contributed by atoms with van der Waals surface area (Å²) in [6.45, 7) is 14.3. The zero-order chi connectivity index (χ0) is 24.3. The van der Waals surface area contributed by atoms with Gasteiger partial charge >= 0.3 is 0 Å². The van der Waals surface area contributed by atoms with Crippen LogP contribution < -0.4 is 4.72 Å². The van der Waals surface area contributed by atoms with E-state index < -0.39 is 10.0 Å². The molecule has 3 aromatic rings. The molecule has 5 heteroatoms. The molecule has 1 N–H and O–H groups in total. The van der Waals surface area contributed by atoms with E-state index in [2.05, 4.69) is 50.6 Å². The number of sulfonamides is 1. The van der Waals surface area contributed by atoms with Gasteiger partial charge in [-0.3, -0.25) is 9.71 Å². The minimum atomic E-state index is -3.75. The normalized spacial score (nSPS) is 12.2. The molecule has 0 bridgehead atoms. The Morgan fingerprint density at radius 1 is 0.818 bits per heavy atom. The first-order chi connectivity index (χ1) is 15.5. The molecule has 3 rings (SSSR count). The Morgan fingerprint density at radius 2 is 1.36 bits per heavy atom. The van der Waals surface area contributed by atoms with Crippen molar-refractivity contribution in [3.63, 3.8) is 0 Å². The van der Waals surface area contributed by atoms with Gasteiger partial charge in [0.2, 0.25) is 0 Å². The second-order valence-corrected chi connectivity index (χ2v) is 10.9. The molecule has 0 spiro atoms. The zero-order valence-electron chi connectivity index (χ0n) is 20.6. The number of nitrogens with one attached hydrogen (secondary N) is 1. The molecule has 0 aliphatic rings. The van der Waals surface area contributed by atoms with Crippen LogP contribution in [0.1, 0.15) is 72.9 Å². The van der Waals surface area contributed by atoms with Crippen molar-refractivity contribution in [2.45, 2.75) is 65.2 Å². The summed E-state index contributed by atoms with van der Waals surface area (Å²) >= 11 is 0. The number of rotatable bonds is 7.